The Morgan fingerprint density at radius 2 is 2.18 bits per heavy atom. The number of halogens is 1. The molecule has 1 N–H and O–H groups in total. The highest BCUT2D eigenvalue weighted by Crippen LogP contribution is 2.31. The molecule has 3 rings (SSSR count). The van der Waals surface area contributed by atoms with Crippen molar-refractivity contribution in [3.05, 3.63) is 35.3 Å². The van der Waals surface area contributed by atoms with Gasteiger partial charge in [0.1, 0.15) is 5.82 Å². The van der Waals surface area contributed by atoms with Gasteiger partial charge in [-0.25, -0.2) is 4.39 Å². The Morgan fingerprint density at radius 3 is 2.94 bits per heavy atom. The molecule has 0 fully saturated rings. The molecule has 1 atom stereocenters. The Bertz CT molecular complexity index is 557. The average Bonchev–Trinajstić information content (AvgIpc) is 2.67. The molecule has 0 saturated heterocycles. The Labute approximate surface area is 100 Å². The minimum Gasteiger partial charge on any atom is -0.358 e. The molecule has 1 aromatic carbocycles. The first-order valence-electron chi connectivity index (χ1n) is 6.11. The Hall–Kier alpha value is -1.35. The average molecular weight is 232 g/mol. The predicted octanol–water partition coefficient (Wildman–Crippen LogP) is 2.73. The van der Waals surface area contributed by atoms with Gasteiger partial charge in [-0.3, -0.25) is 0 Å². The van der Waals surface area contributed by atoms with E-state index in [1.807, 2.05) is 6.07 Å². The lowest BCUT2D eigenvalue weighted by Crippen LogP contribution is -2.33. The van der Waals surface area contributed by atoms with E-state index in [1.54, 1.807) is 12.1 Å². The van der Waals surface area contributed by atoms with Gasteiger partial charge in [-0.15, -0.1) is 0 Å². The first-order valence-corrected chi connectivity index (χ1v) is 6.11. The van der Waals surface area contributed by atoms with Gasteiger partial charge in [0.25, 0.3) is 0 Å². The molecule has 0 aliphatic heterocycles. The number of aromatic nitrogens is 1. The van der Waals surface area contributed by atoms with Gasteiger partial charge in [-0.05, 0) is 51.1 Å². The summed E-state index contributed by atoms with van der Waals surface area (Å²) in [5.74, 6) is -0.0978. The molecule has 0 saturated carbocycles. The number of fused-ring (bicyclic) bond motifs is 3. The summed E-state index contributed by atoms with van der Waals surface area (Å²) >= 11 is 0. The minimum atomic E-state index is -0.0978. The van der Waals surface area contributed by atoms with Crippen molar-refractivity contribution >= 4 is 10.9 Å². The summed E-state index contributed by atoms with van der Waals surface area (Å²) in [6.45, 7) is 0. The second kappa shape index (κ2) is 3.84. The number of benzene rings is 1. The van der Waals surface area contributed by atoms with Crippen LogP contribution in [0.3, 0.4) is 0 Å². The highest BCUT2D eigenvalue weighted by Gasteiger charge is 2.24. The van der Waals surface area contributed by atoms with Gasteiger partial charge < -0.3 is 9.88 Å². The number of rotatable bonds is 1. The van der Waals surface area contributed by atoms with Crippen LogP contribution >= 0.6 is 0 Å². The zero-order valence-corrected chi connectivity index (χ0v) is 10.3. The fourth-order valence-electron chi connectivity index (χ4n) is 2.85. The summed E-state index contributed by atoms with van der Waals surface area (Å²) in [5.41, 5.74) is 3.35. The zero-order chi connectivity index (χ0) is 12.0. The Kier molecular flexibility index (Phi) is 2.44. The van der Waals surface area contributed by atoms with Gasteiger partial charge in [0.15, 0.2) is 0 Å². The van der Waals surface area contributed by atoms with Gasteiger partial charge in [0, 0.05) is 22.6 Å². The highest BCUT2D eigenvalue weighted by molar-refractivity contribution is 5.85. The van der Waals surface area contributed by atoms with E-state index in [4.69, 9.17) is 0 Å². The normalized spacial score (nSPS) is 19.9. The number of likely N-dealkylation sites (N-methyl/N-ethyl adjacent to an activating group) is 1. The van der Waals surface area contributed by atoms with E-state index in [1.165, 1.54) is 11.3 Å². The van der Waals surface area contributed by atoms with Gasteiger partial charge >= 0.3 is 0 Å². The standard InChI is InChI=1S/C14H17FN2/c1-17(2)9-6-7-12-10(8-9)14-11(15)4-3-5-13(14)16-12/h3-5,9,16H,6-8H2,1-2H3/t9-/m0/s1. The summed E-state index contributed by atoms with van der Waals surface area (Å²) in [4.78, 5) is 5.60. The lowest BCUT2D eigenvalue weighted by molar-refractivity contribution is 0.268. The Morgan fingerprint density at radius 1 is 1.35 bits per heavy atom. The molecule has 1 aromatic heterocycles. The van der Waals surface area contributed by atoms with Crippen LogP contribution in [-0.2, 0) is 12.8 Å². The predicted molar refractivity (Wildman–Crippen MR) is 67.8 cm³/mol. The summed E-state index contributed by atoms with van der Waals surface area (Å²) < 4.78 is 13.9. The summed E-state index contributed by atoms with van der Waals surface area (Å²) in [7, 11) is 4.20. The molecular weight excluding hydrogens is 215 g/mol. The maximum atomic E-state index is 13.9. The van der Waals surface area contributed by atoms with Gasteiger partial charge in [-0.1, -0.05) is 6.07 Å². The number of hydrogen-bond donors (Lipinski definition) is 1. The molecule has 17 heavy (non-hydrogen) atoms. The van der Waals surface area contributed by atoms with Crippen LogP contribution in [0.25, 0.3) is 10.9 Å². The van der Waals surface area contributed by atoms with E-state index in [0.29, 0.717) is 6.04 Å². The lowest BCUT2D eigenvalue weighted by Gasteiger charge is -2.28. The topological polar surface area (TPSA) is 19.0 Å². The number of nitrogens with zero attached hydrogens (tertiary/aromatic N) is 1. The number of aromatic amines is 1. The van der Waals surface area contributed by atoms with E-state index in [-0.39, 0.29) is 5.82 Å². The van der Waals surface area contributed by atoms with E-state index >= 15 is 0 Å². The van der Waals surface area contributed by atoms with Crippen molar-refractivity contribution in [3.8, 4) is 0 Å². The van der Waals surface area contributed by atoms with Crippen LogP contribution in [0.2, 0.25) is 0 Å². The summed E-state index contributed by atoms with van der Waals surface area (Å²) in [6.07, 6.45) is 3.12. The molecule has 0 spiro atoms. The molecule has 0 amide bonds. The minimum absolute atomic E-state index is 0.0978. The fourth-order valence-corrected chi connectivity index (χ4v) is 2.85. The third-order valence-electron chi connectivity index (χ3n) is 3.86. The maximum absolute atomic E-state index is 13.9. The van der Waals surface area contributed by atoms with Crippen molar-refractivity contribution in [1.82, 2.24) is 9.88 Å². The van der Waals surface area contributed by atoms with Gasteiger partial charge in [0.2, 0.25) is 0 Å². The smallest absolute Gasteiger partial charge is 0.132 e. The molecule has 1 heterocycles. The Balaban J connectivity index is 2.14. The monoisotopic (exact) mass is 232 g/mol. The van der Waals surface area contributed by atoms with E-state index in [0.717, 1.165) is 30.2 Å². The van der Waals surface area contributed by atoms with Crippen molar-refractivity contribution in [2.24, 2.45) is 0 Å². The number of H-pyrrole nitrogens is 1. The fraction of sp³-hybridized carbons (Fsp3) is 0.429. The van der Waals surface area contributed by atoms with Gasteiger partial charge in [-0.2, -0.15) is 0 Å². The molecule has 1 aliphatic rings. The molecule has 3 heteroatoms. The molecular formula is C14H17FN2. The van der Waals surface area contributed by atoms with Crippen molar-refractivity contribution in [2.75, 3.05) is 14.1 Å². The summed E-state index contributed by atoms with van der Waals surface area (Å²) in [5, 5.41) is 0.800. The maximum Gasteiger partial charge on any atom is 0.132 e. The van der Waals surface area contributed by atoms with Crippen molar-refractivity contribution < 1.29 is 4.39 Å². The molecule has 0 radical (unpaired) electrons. The van der Waals surface area contributed by atoms with E-state index in [9.17, 15) is 4.39 Å². The van der Waals surface area contributed by atoms with E-state index < -0.39 is 0 Å². The van der Waals surface area contributed by atoms with Gasteiger partial charge in [0.05, 0.1) is 0 Å². The largest absolute Gasteiger partial charge is 0.358 e. The van der Waals surface area contributed by atoms with Crippen LogP contribution in [0.5, 0.6) is 0 Å². The molecule has 0 unspecified atom stereocenters. The number of aryl methyl sites for hydroxylation is 1. The van der Waals surface area contributed by atoms with E-state index in [2.05, 4.69) is 24.0 Å². The highest BCUT2D eigenvalue weighted by atomic mass is 19.1. The van der Waals surface area contributed by atoms with Crippen LogP contribution < -0.4 is 0 Å². The van der Waals surface area contributed by atoms with Crippen molar-refractivity contribution in [3.63, 3.8) is 0 Å². The summed E-state index contributed by atoms with van der Waals surface area (Å²) in [6, 6.07) is 5.81. The quantitative estimate of drug-likeness (QED) is 0.801. The lowest BCUT2D eigenvalue weighted by atomic mass is 9.91. The SMILES string of the molecule is CN(C)[C@H]1CCc2[nH]c3cccc(F)c3c2C1. The van der Waals surface area contributed by atoms with Crippen LogP contribution in [0.4, 0.5) is 4.39 Å². The second-order valence-corrected chi connectivity index (χ2v) is 5.10. The molecule has 90 valence electrons. The molecule has 2 nitrogen and oxygen atoms in total. The number of nitrogens with one attached hydrogen (secondary N) is 1. The van der Waals surface area contributed by atoms with Crippen molar-refractivity contribution in [2.45, 2.75) is 25.3 Å². The third kappa shape index (κ3) is 1.65. The van der Waals surface area contributed by atoms with Crippen molar-refractivity contribution in [1.29, 1.82) is 0 Å². The first kappa shape index (κ1) is 10.8. The molecule has 1 aliphatic carbocycles. The second-order valence-electron chi connectivity index (χ2n) is 5.10. The zero-order valence-electron chi connectivity index (χ0n) is 10.3. The molecule has 2 aromatic rings. The first-order chi connectivity index (χ1) is 8.16. The molecule has 0 bridgehead atoms. The number of hydrogen-bond acceptors (Lipinski definition) is 1. The van der Waals surface area contributed by atoms with Crippen LogP contribution in [-0.4, -0.2) is 30.0 Å². The van der Waals surface area contributed by atoms with Crippen LogP contribution in [0.15, 0.2) is 18.2 Å². The van der Waals surface area contributed by atoms with Crippen LogP contribution in [0, 0.1) is 5.82 Å². The van der Waals surface area contributed by atoms with Crippen LogP contribution in [0.1, 0.15) is 17.7 Å². The third-order valence-corrected chi connectivity index (χ3v) is 3.86.